The highest BCUT2D eigenvalue weighted by Gasteiger charge is 2.08. The Bertz CT molecular complexity index is 813. The number of hydrogen-bond donors (Lipinski definition) is 1. The van der Waals surface area contributed by atoms with Crippen LogP contribution in [0.25, 0.3) is 10.2 Å². The minimum Gasteiger partial charge on any atom is -0.465 e. The Morgan fingerprint density at radius 2 is 2.32 bits per heavy atom. The molecule has 8 heteroatoms. The maximum atomic E-state index is 11.9. The van der Waals surface area contributed by atoms with E-state index in [1.807, 2.05) is 24.5 Å². The van der Waals surface area contributed by atoms with Gasteiger partial charge in [-0.1, -0.05) is 11.8 Å². The van der Waals surface area contributed by atoms with Gasteiger partial charge in [0.1, 0.15) is 5.76 Å². The van der Waals surface area contributed by atoms with E-state index >= 15 is 0 Å². The lowest BCUT2D eigenvalue weighted by Crippen LogP contribution is -2.20. The zero-order valence-electron chi connectivity index (χ0n) is 12.0. The van der Waals surface area contributed by atoms with Gasteiger partial charge in [0, 0.05) is 11.8 Å². The Labute approximate surface area is 134 Å². The lowest BCUT2D eigenvalue weighted by Gasteiger charge is -2.05. The molecule has 3 aromatic rings. The molecule has 1 N–H and O–H groups in total. The van der Waals surface area contributed by atoms with Gasteiger partial charge >= 0.3 is 0 Å². The van der Waals surface area contributed by atoms with E-state index in [-0.39, 0.29) is 12.5 Å². The van der Waals surface area contributed by atoms with Crippen molar-refractivity contribution in [2.45, 2.75) is 11.3 Å². The molecule has 0 unspecified atom stereocenters. The fraction of sp³-hybridized carbons (Fsp3) is 0.214. The predicted molar refractivity (Wildman–Crippen MR) is 86.8 cm³/mol. The van der Waals surface area contributed by atoms with Crippen LogP contribution in [-0.2, 0) is 4.79 Å². The van der Waals surface area contributed by atoms with Crippen molar-refractivity contribution in [1.82, 2.24) is 10.1 Å². The zero-order chi connectivity index (χ0) is 15.5. The van der Waals surface area contributed by atoms with Crippen LogP contribution in [0.3, 0.4) is 0 Å². The molecule has 0 aliphatic heterocycles. The van der Waals surface area contributed by atoms with Crippen LogP contribution in [0.1, 0.15) is 5.76 Å². The number of thioether (sulfide) groups is 1. The molecule has 3 rings (SSSR count). The fourth-order valence-corrected chi connectivity index (χ4v) is 3.35. The minimum atomic E-state index is -0.255. The van der Waals surface area contributed by atoms with Gasteiger partial charge in [0.2, 0.25) is 0 Å². The van der Waals surface area contributed by atoms with Gasteiger partial charge in [-0.25, -0.2) is 4.98 Å². The Kier molecular flexibility index (Phi) is 4.30. The van der Waals surface area contributed by atoms with Gasteiger partial charge in [0.05, 0.1) is 10.2 Å². The summed E-state index contributed by atoms with van der Waals surface area (Å²) >= 11 is 3.20. The number of carbonyl (C=O) groups excluding carboxylic acids is 1. The first-order chi connectivity index (χ1) is 10.6. The molecular weight excluding hydrogens is 322 g/mol. The first-order valence-electron chi connectivity index (χ1n) is 6.44. The normalized spacial score (nSPS) is 10.8. The molecule has 1 aromatic carbocycles. The molecular formula is C14H13N3O3S2. The van der Waals surface area contributed by atoms with Crippen molar-refractivity contribution in [3.63, 3.8) is 0 Å². The third-order valence-electron chi connectivity index (χ3n) is 2.78. The largest absolute Gasteiger partial charge is 0.465 e. The number of benzene rings is 1. The average Bonchev–Trinajstić information content (AvgIpc) is 3.10. The summed E-state index contributed by atoms with van der Waals surface area (Å²) in [5, 5.41) is 6.45. The standard InChI is InChI=1S/C14H13N3O3S2/c1-8-5-13(17-20-8)19-7-12(18)15-9-3-4-10-11(6-9)22-14(16-10)21-2/h3-6H,7H2,1-2H3,(H,15,18). The molecule has 0 saturated carbocycles. The summed E-state index contributed by atoms with van der Waals surface area (Å²) < 4.78 is 12.1. The molecule has 0 aliphatic rings. The van der Waals surface area contributed by atoms with Crippen molar-refractivity contribution in [3.8, 4) is 5.88 Å². The van der Waals surface area contributed by atoms with E-state index in [2.05, 4.69) is 15.5 Å². The monoisotopic (exact) mass is 335 g/mol. The summed E-state index contributed by atoms with van der Waals surface area (Å²) in [4.78, 5) is 16.3. The zero-order valence-corrected chi connectivity index (χ0v) is 13.6. The number of hydrogen-bond acceptors (Lipinski definition) is 7. The van der Waals surface area contributed by atoms with Crippen LogP contribution in [0.5, 0.6) is 5.88 Å². The number of aryl methyl sites for hydroxylation is 1. The first kappa shape index (κ1) is 14.9. The Morgan fingerprint density at radius 3 is 3.05 bits per heavy atom. The van der Waals surface area contributed by atoms with Crippen LogP contribution >= 0.6 is 23.1 Å². The maximum Gasteiger partial charge on any atom is 0.262 e. The lowest BCUT2D eigenvalue weighted by molar-refractivity contribution is -0.118. The Morgan fingerprint density at radius 1 is 1.45 bits per heavy atom. The molecule has 0 atom stereocenters. The summed E-state index contributed by atoms with van der Waals surface area (Å²) in [6.07, 6.45) is 1.99. The summed E-state index contributed by atoms with van der Waals surface area (Å²) in [5.74, 6) is 0.681. The molecule has 0 radical (unpaired) electrons. The average molecular weight is 335 g/mol. The first-order valence-corrected chi connectivity index (χ1v) is 8.49. The van der Waals surface area contributed by atoms with Crippen molar-refractivity contribution in [1.29, 1.82) is 0 Å². The van der Waals surface area contributed by atoms with Gasteiger partial charge in [-0.05, 0) is 36.5 Å². The van der Waals surface area contributed by atoms with Crippen molar-refractivity contribution in [2.24, 2.45) is 0 Å². The van der Waals surface area contributed by atoms with Gasteiger partial charge in [0.15, 0.2) is 10.9 Å². The Balaban J connectivity index is 1.63. The highest BCUT2D eigenvalue weighted by molar-refractivity contribution is 8.00. The summed E-state index contributed by atoms with van der Waals surface area (Å²) in [6.45, 7) is 1.63. The molecule has 0 saturated heterocycles. The number of amides is 1. The number of ether oxygens (including phenoxy) is 1. The third-order valence-corrected chi connectivity index (χ3v) is 4.79. The summed E-state index contributed by atoms with van der Waals surface area (Å²) in [5.41, 5.74) is 1.65. The number of aromatic nitrogens is 2. The topological polar surface area (TPSA) is 77.2 Å². The van der Waals surface area contributed by atoms with Crippen molar-refractivity contribution < 1.29 is 14.1 Å². The molecule has 22 heavy (non-hydrogen) atoms. The Hall–Kier alpha value is -2.06. The number of fused-ring (bicyclic) bond motifs is 1. The quantitative estimate of drug-likeness (QED) is 0.721. The maximum absolute atomic E-state index is 11.9. The number of nitrogens with one attached hydrogen (secondary N) is 1. The van der Waals surface area contributed by atoms with E-state index in [0.717, 1.165) is 14.6 Å². The van der Waals surface area contributed by atoms with Crippen molar-refractivity contribution in [3.05, 3.63) is 30.0 Å². The van der Waals surface area contributed by atoms with E-state index in [9.17, 15) is 4.79 Å². The number of nitrogens with zero attached hydrogens (tertiary/aromatic N) is 2. The second kappa shape index (κ2) is 6.37. The predicted octanol–water partition coefficient (Wildman–Crippen LogP) is 3.33. The molecule has 0 aliphatic carbocycles. The summed E-state index contributed by atoms with van der Waals surface area (Å²) in [7, 11) is 0. The second-order valence-electron chi connectivity index (χ2n) is 4.48. The van der Waals surface area contributed by atoms with Crippen LogP contribution in [0.15, 0.2) is 33.1 Å². The van der Waals surface area contributed by atoms with Gasteiger partial charge in [-0.15, -0.1) is 11.3 Å². The van der Waals surface area contributed by atoms with Crippen LogP contribution in [-0.4, -0.2) is 28.9 Å². The molecule has 0 fully saturated rings. The van der Waals surface area contributed by atoms with E-state index < -0.39 is 0 Å². The van der Waals surface area contributed by atoms with Gasteiger partial charge in [-0.2, -0.15) is 0 Å². The van der Waals surface area contributed by atoms with Crippen LogP contribution in [0.4, 0.5) is 5.69 Å². The smallest absolute Gasteiger partial charge is 0.262 e. The van der Waals surface area contributed by atoms with Gasteiger partial charge in [-0.3, -0.25) is 4.79 Å². The highest BCUT2D eigenvalue weighted by atomic mass is 32.2. The SMILES string of the molecule is CSc1nc2ccc(NC(=O)COc3cc(C)on3)cc2s1. The van der Waals surface area contributed by atoms with E-state index in [1.54, 1.807) is 36.1 Å². The number of rotatable bonds is 5. The van der Waals surface area contributed by atoms with E-state index in [1.165, 1.54) is 0 Å². The number of thiazole rings is 1. The molecule has 114 valence electrons. The second-order valence-corrected chi connectivity index (χ2v) is 6.56. The number of carbonyl (C=O) groups is 1. The van der Waals surface area contributed by atoms with Crippen LogP contribution in [0, 0.1) is 6.92 Å². The highest BCUT2D eigenvalue weighted by Crippen LogP contribution is 2.29. The fourth-order valence-electron chi connectivity index (χ4n) is 1.82. The van der Waals surface area contributed by atoms with Crippen molar-refractivity contribution >= 4 is 44.9 Å². The van der Waals surface area contributed by atoms with Gasteiger partial charge < -0.3 is 14.6 Å². The molecule has 1 amide bonds. The molecule has 6 nitrogen and oxygen atoms in total. The molecule has 2 aromatic heterocycles. The van der Waals surface area contributed by atoms with Crippen LogP contribution in [0.2, 0.25) is 0 Å². The lowest BCUT2D eigenvalue weighted by atomic mass is 10.3. The van der Waals surface area contributed by atoms with E-state index in [4.69, 9.17) is 9.26 Å². The number of anilines is 1. The van der Waals surface area contributed by atoms with Gasteiger partial charge in [0.25, 0.3) is 11.8 Å². The molecule has 0 bridgehead atoms. The third kappa shape index (κ3) is 3.40. The van der Waals surface area contributed by atoms with Crippen molar-refractivity contribution in [2.75, 3.05) is 18.2 Å². The van der Waals surface area contributed by atoms with E-state index in [0.29, 0.717) is 17.3 Å². The summed E-state index contributed by atoms with van der Waals surface area (Å²) in [6, 6.07) is 7.25. The molecule has 2 heterocycles. The minimum absolute atomic E-state index is 0.122. The van der Waals surface area contributed by atoms with Crippen LogP contribution < -0.4 is 10.1 Å². The molecule has 0 spiro atoms.